The normalized spacial score (nSPS) is 23.3. The molecule has 0 radical (unpaired) electrons. The van der Waals surface area contributed by atoms with E-state index in [1.165, 1.54) is 38.8 Å². The molecular weight excluding hydrogens is 220 g/mol. The van der Waals surface area contributed by atoms with E-state index in [9.17, 15) is 4.79 Å². The standard InChI is InChI=1S/C12H22N2OS/c15-11(9-12(10-16)3-4-12)13-5-8-14-6-1-2-7-14/h16H,1-10H2,(H,13,15). The highest BCUT2D eigenvalue weighted by molar-refractivity contribution is 7.80. The minimum atomic E-state index is 0.214. The zero-order valence-electron chi connectivity index (χ0n) is 9.87. The number of carbonyl (C=O) groups is 1. The van der Waals surface area contributed by atoms with Crippen LogP contribution in [-0.4, -0.2) is 42.7 Å². The van der Waals surface area contributed by atoms with E-state index in [1.54, 1.807) is 0 Å². The topological polar surface area (TPSA) is 32.3 Å². The molecule has 92 valence electrons. The molecule has 1 aliphatic heterocycles. The van der Waals surface area contributed by atoms with E-state index in [-0.39, 0.29) is 11.3 Å². The third-order valence-corrected chi connectivity index (χ3v) is 4.45. The second-order valence-electron chi connectivity index (χ2n) is 5.23. The van der Waals surface area contributed by atoms with Gasteiger partial charge >= 0.3 is 0 Å². The first kappa shape index (κ1) is 12.2. The summed E-state index contributed by atoms with van der Waals surface area (Å²) in [5, 5.41) is 3.03. The van der Waals surface area contributed by atoms with Crippen molar-refractivity contribution in [2.45, 2.75) is 32.1 Å². The number of thiol groups is 1. The molecule has 3 nitrogen and oxygen atoms in total. The molecule has 2 rings (SSSR count). The first-order valence-corrected chi connectivity index (χ1v) is 6.97. The van der Waals surface area contributed by atoms with Crippen LogP contribution in [0.5, 0.6) is 0 Å². The fourth-order valence-corrected chi connectivity index (χ4v) is 2.76. The van der Waals surface area contributed by atoms with Gasteiger partial charge in [0.2, 0.25) is 5.91 Å². The molecule has 0 aromatic heterocycles. The van der Waals surface area contributed by atoms with Gasteiger partial charge in [0.25, 0.3) is 0 Å². The van der Waals surface area contributed by atoms with Gasteiger partial charge in [-0.1, -0.05) is 0 Å². The molecule has 0 aromatic carbocycles. The van der Waals surface area contributed by atoms with Crippen molar-refractivity contribution in [1.29, 1.82) is 0 Å². The lowest BCUT2D eigenvalue weighted by Crippen LogP contribution is -2.34. The van der Waals surface area contributed by atoms with Gasteiger partial charge in [-0.2, -0.15) is 12.6 Å². The first-order valence-electron chi connectivity index (χ1n) is 6.34. The second-order valence-corrected chi connectivity index (χ2v) is 5.55. The smallest absolute Gasteiger partial charge is 0.220 e. The van der Waals surface area contributed by atoms with Gasteiger partial charge in [0, 0.05) is 19.5 Å². The van der Waals surface area contributed by atoms with Gasteiger partial charge in [0.05, 0.1) is 0 Å². The summed E-state index contributed by atoms with van der Waals surface area (Å²) in [6.45, 7) is 4.23. The summed E-state index contributed by atoms with van der Waals surface area (Å²) in [7, 11) is 0. The molecule has 2 aliphatic rings. The van der Waals surface area contributed by atoms with E-state index >= 15 is 0 Å². The lowest BCUT2D eigenvalue weighted by molar-refractivity contribution is -0.122. The van der Waals surface area contributed by atoms with Crippen molar-refractivity contribution < 1.29 is 4.79 Å². The number of amides is 1. The number of hydrogen-bond acceptors (Lipinski definition) is 3. The number of nitrogens with one attached hydrogen (secondary N) is 1. The third-order valence-electron chi connectivity index (χ3n) is 3.78. The molecular formula is C12H22N2OS. The average Bonchev–Trinajstić information content (AvgIpc) is 2.85. The highest BCUT2D eigenvalue weighted by atomic mass is 32.1. The number of nitrogens with zero attached hydrogens (tertiary/aromatic N) is 1. The Labute approximate surface area is 103 Å². The molecule has 1 amide bonds. The van der Waals surface area contributed by atoms with Gasteiger partial charge in [0.1, 0.15) is 0 Å². The molecule has 16 heavy (non-hydrogen) atoms. The Morgan fingerprint density at radius 1 is 1.31 bits per heavy atom. The zero-order chi connectivity index (χ0) is 11.4. The molecule has 2 fully saturated rings. The molecule has 1 aliphatic carbocycles. The second kappa shape index (κ2) is 5.41. The SMILES string of the molecule is O=C(CC1(CS)CC1)NCCN1CCCC1. The molecule has 0 spiro atoms. The van der Waals surface area contributed by atoms with Crippen LogP contribution in [0, 0.1) is 5.41 Å². The van der Waals surface area contributed by atoms with Gasteiger partial charge in [-0.25, -0.2) is 0 Å². The molecule has 1 N–H and O–H groups in total. The Hall–Kier alpha value is -0.220. The quantitative estimate of drug-likeness (QED) is 0.688. The van der Waals surface area contributed by atoms with Crippen molar-refractivity contribution in [3.05, 3.63) is 0 Å². The van der Waals surface area contributed by atoms with Gasteiger partial charge in [-0.3, -0.25) is 4.79 Å². The summed E-state index contributed by atoms with van der Waals surface area (Å²) in [4.78, 5) is 14.1. The Morgan fingerprint density at radius 2 is 2.00 bits per heavy atom. The van der Waals surface area contributed by atoms with Crippen LogP contribution in [0.25, 0.3) is 0 Å². The molecule has 0 unspecified atom stereocenters. The molecule has 1 saturated heterocycles. The largest absolute Gasteiger partial charge is 0.355 e. The summed E-state index contributed by atoms with van der Waals surface area (Å²) in [6, 6.07) is 0. The number of likely N-dealkylation sites (tertiary alicyclic amines) is 1. The Balaban J connectivity index is 1.57. The molecule has 4 heteroatoms. The first-order chi connectivity index (χ1) is 7.74. The monoisotopic (exact) mass is 242 g/mol. The summed E-state index contributed by atoms with van der Waals surface area (Å²) < 4.78 is 0. The minimum absolute atomic E-state index is 0.214. The minimum Gasteiger partial charge on any atom is -0.355 e. The number of carbonyl (C=O) groups excluding carboxylic acids is 1. The van der Waals surface area contributed by atoms with E-state index < -0.39 is 0 Å². The van der Waals surface area contributed by atoms with Crippen molar-refractivity contribution >= 4 is 18.5 Å². The van der Waals surface area contributed by atoms with Crippen molar-refractivity contribution in [2.24, 2.45) is 5.41 Å². The van der Waals surface area contributed by atoms with Crippen molar-refractivity contribution in [2.75, 3.05) is 31.9 Å². The van der Waals surface area contributed by atoms with E-state index in [2.05, 4.69) is 22.8 Å². The van der Waals surface area contributed by atoms with Gasteiger partial charge in [0.15, 0.2) is 0 Å². The van der Waals surface area contributed by atoms with Crippen LogP contribution in [0.1, 0.15) is 32.1 Å². The molecule has 0 atom stereocenters. The lowest BCUT2D eigenvalue weighted by Gasteiger charge is -2.16. The Kier molecular flexibility index (Phi) is 4.14. The summed E-state index contributed by atoms with van der Waals surface area (Å²) in [5.41, 5.74) is 0.251. The van der Waals surface area contributed by atoms with E-state index in [0.29, 0.717) is 6.42 Å². The summed E-state index contributed by atoms with van der Waals surface area (Å²) in [5.74, 6) is 1.07. The van der Waals surface area contributed by atoms with Crippen LogP contribution in [0.2, 0.25) is 0 Å². The zero-order valence-corrected chi connectivity index (χ0v) is 10.8. The Morgan fingerprint density at radius 3 is 2.56 bits per heavy atom. The van der Waals surface area contributed by atoms with Crippen molar-refractivity contribution in [1.82, 2.24) is 10.2 Å². The molecule has 0 bridgehead atoms. The maximum Gasteiger partial charge on any atom is 0.220 e. The maximum atomic E-state index is 11.7. The van der Waals surface area contributed by atoms with Crippen LogP contribution in [-0.2, 0) is 4.79 Å². The van der Waals surface area contributed by atoms with Gasteiger partial charge in [-0.15, -0.1) is 0 Å². The summed E-state index contributed by atoms with van der Waals surface area (Å²) in [6.07, 6.45) is 5.66. The van der Waals surface area contributed by atoms with Crippen molar-refractivity contribution in [3.63, 3.8) is 0 Å². The fraction of sp³-hybridized carbons (Fsp3) is 0.917. The van der Waals surface area contributed by atoms with Crippen LogP contribution in [0.15, 0.2) is 0 Å². The fourth-order valence-electron chi connectivity index (χ4n) is 2.33. The van der Waals surface area contributed by atoms with Crippen LogP contribution >= 0.6 is 12.6 Å². The molecule has 1 heterocycles. The molecule has 0 aromatic rings. The van der Waals surface area contributed by atoms with Crippen LogP contribution in [0.3, 0.4) is 0 Å². The number of rotatable bonds is 6. The van der Waals surface area contributed by atoms with Gasteiger partial charge in [-0.05, 0) is 49.9 Å². The number of hydrogen-bond donors (Lipinski definition) is 2. The van der Waals surface area contributed by atoms with Gasteiger partial charge < -0.3 is 10.2 Å². The highest BCUT2D eigenvalue weighted by Gasteiger charge is 2.42. The van der Waals surface area contributed by atoms with Crippen LogP contribution in [0.4, 0.5) is 0 Å². The average molecular weight is 242 g/mol. The van der Waals surface area contributed by atoms with E-state index in [0.717, 1.165) is 18.8 Å². The van der Waals surface area contributed by atoms with Crippen LogP contribution < -0.4 is 5.32 Å². The van der Waals surface area contributed by atoms with E-state index in [4.69, 9.17) is 0 Å². The third kappa shape index (κ3) is 3.39. The predicted molar refractivity (Wildman–Crippen MR) is 68.8 cm³/mol. The van der Waals surface area contributed by atoms with Crippen molar-refractivity contribution in [3.8, 4) is 0 Å². The van der Waals surface area contributed by atoms with E-state index in [1.807, 2.05) is 0 Å². The summed E-state index contributed by atoms with van der Waals surface area (Å²) >= 11 is 4.31. The lowest BCUT2D eigenvalue weighted by atomic mass is 10.1. The Bertz CT molecular complexity index is 247. The maximum absolute atomic E-state index is 11.7. The highest BCUT2D eigenvalue weighted by Crippen LogP contribution is 2.49. The predicted octanol–water partition coefficient (Wildman–Crippen LogP) is 1.30. The molecule has 1 saturated carbocycles.